The predicted octanol–water partition coefficient (Wildman–Crippen LogP) is 5.32. The molecule has 90 valence electrons. The molecule has 0 aromatic carbocycles. The Bertz CT molecular complexity index is 187. The molecule has 0 aliphatic heterocycles. The van der Waals surface area contributed by atoms with E-state index in [1.54, 1.807) is 0 Å². The van der Waals surface area contributed by atoms with Gasteiger partial charge < -0.3 is 0 Å². The van der Waals surface area contributed by atoms with Crippen molar-refractivity contribution in [2.24, 2.45) is 0 Å². The summed E-state index contributed by atoms with van der Waals surface area (Å²) >= 11 is 0. The van der Waals surface area contributed by atoms with E-state index in [0.29, 0.717) is 0 Å². The van der Waals surface area contributed by atoms with Gasteiger partial charge in [0.25, 0.3) is 0 Å². The molecule has 0 saturated heterocycles. The van der Waals surface area contributed by atoms with E-state index in [0.717, 1.165) is 0 Å². The summed E-state index contributed by atoms with van der Waals surface area (Å²) < 4.78 is 0. The van der Waals surface area contributed by atoms with Crippen molar-refractivity contribution in [3.05, 3.63) is 11.8 Å². The van der Waals surface area contributed by atoms with E-state index in [1.165, 1.54) is 31.4 Å². The van der Waals surface area contributed by atoms with Gasteiger partial charge in [-0.25, -0.2) is 0 Å². The molecule has 0 unspecified atom stereocenters. The molecule has 0 spiro atoms. The summed E-state index contributed by atoms with van der Waals surface area (Å²) in [5, 5.41) is 0. The number of hydrogen-bond acceptors (Lipinski definition) is 0. The van der Waals surface area contributed by atoms with Gasteiger partial charge in [-0.05, 0) is 6.04 Å². The lowest BCUT2D eigenvalue weighted by atomic mass is 10.3. The van der Waals surface area contributed by atoms with E-state index >= 15 is 0 Å². The van der Waals surface area contributed by atoms with Crippen LogP contribution in [0.1, 0.15) is 26.2 Å². The van der Waals surface area contributed by atoms with Gasteiger partial charge in [-0.3, -0.25) is 0 Å². The molecule has 2 heteroatoms. The molecular formula is C13H30Si2. The fourth-order valence-corrected chi connectivity index (χ4v) is 4.91. The summed E-state index contributed by atoms with van der Waals surface area (Å²) in [7, 11) is -1.86. The van der Waals surface area contributed by atoms with Crippen LogP contribution >= 0.6 is 0 Å². The van der Waals surface area contributed by atoms with E-state index < -0.39 is 16.1 Å². The maximum Gasteiger partial charge on any atom is 0.0682 e. The Hall–Kier alpha value is 0.174. The highest BCUT2D eigenvalue weighted by atomic mass is 28.3. The lowest BCUT2D eigenvalue weighted by Gasteiger charge is -2.21. The summed E-state index contributed by atoms with van der Waals surface area (Å²) in [5.74, 6) is 0. The largest absolute Gasteiger partial charge is 0.0992 e. The first-order valence-electron chi connectivity index (χ1n) is 6.44. The second-order valence-corrected chi connectivity index (χ2v) is 16.9. The van der Waals surface area contributed by atoms with Gasteiger partial charge in [0.2, 0.25) is 0 Å². The van der Waals surface area contributed by atoms with Crippen molar-refractivity contribution in [2.75, 3.05) is 0 Å². The SMILES string of the molecule is CCCCC[Si](C)(C)C/C=C\[Si](C)(C)C. The molecule has 15 heavy (non-hydrogen) atoms. The van der Waals surface area contributed by atoms with Crippen LogP contribution in [0.15, 0.2) is 11.8 Å². The summed E-state index contributed by atoms with van der Waals surface area (Å²) in [6.45, 7) is 14.6. The Morgan fingerprint density at radius 3 is 2.00 bits per heavy atom. The van der Waals surface area contributed by atoms with Crippen LogP contribution in [0.4, 0.5) is 0 Å². The Morgan fingerprint density at radius 1 is 0.933 bits per heavy atom. The van der Waals surface area contributed by atoms with Crippen LogP contribution in [0.2, 0.25) is 44.8 Å². The van der Waals surface area contributed by atoms with Crippen molar-refractivity contribution in [3.8, 4) is 0 Å². The van der Waals surface area contributed by atoms with Gasteiger partial charge in [0.05, 0.1) is 16.1 Å². The molecule has 0 radical (unpaired) electrons. The minimum Gasteiger partial charge on any atom is -0.0992 e. The van der Waals surface area contributed by atoms with Crippen LogP contribution in [0.3, 0.4) is 0 Å². The smallest absolute Gasteiger partial charge is 0.0682 e. The normalized spacial score (nSPS) is 13.7. The molecule has 0 saturated carbocycles. The second-order valence-electron chi connectivity index (χ2n) is 6.59. The Kier molecular flexibility index (Phi) is 6.77. The van der Waals surface area contributed by atoms with E-state index in [-0.39, 0.29) is 0 Å². The monoisotopic (exact) mass is 242 g/mol. The summed E-state index contributed by atoms with van der Waals surface area (Å²) in [5.41, 5.74) is 2.52. The number of rotatable bonds is 7. The molecule has 0 bridgehead atoms. The summed E-state index contributed by atoms with van der Waals surface area (Å²) in [4.78, 5) is 0. The van der Waals surface area contributed by atoms with Gasteiger partial charge in [0.1, 0.15) is 0 Å². The predicted molar refractivity (Wildman–Crippen MR) is 79.1 cm³/mol. The third kappa shape index (κ3) is 10.5. The quantitative estimate of drug-likeness (QED) is 0.419. The first-order valence-corrected chi connectivity index (χ1v) is 13.4. The summed E-state index contributed by atoms with van der Waals surface area (Å²) in [6.07, 6.45) is 6.73. The average Bonchev–Trinajstić information content (AvgIpc) is 2.01. The zero-order chi connectivity index (χ0) is 11.9. The van der Waals surface area contributed by atoms with E-state index in [2.05, 4.69) is 51.4 Å². The van der Waals surface area contributed by atoms with Crippen molar-refractivity contribution >= 4 is 16.1 Å². The fourth-order valence-electron chi connectivity index (χ4n) is 1.69. The van der Waals surface area contributed by atoms with Crippen LogP contribution < -0.4 is 0 Å². The Labute approximate surface area is 99.2 Å². The topological polar surface area (TPSA) is 0 Å². The van der Waals surface area contributed by atoms with Crippen LogP contribution in [0.5, 0.6) is 0 Å². The highest BCUT2D eigenvalue weighted by Gasteiger charge is 2.18. The molecule has 0 N–H and O–H groups in total. The standard InChI is InChI=1S/C13H30Si2/c1-7-8-9-12-15(5,6)13-10-11-14(2,3)4/h10-11H,7-9,12-13H2,1-6H3/b11-10-. The van der Waals surface area contributed by atoms with E-state index in [1.807, 2.05) is 0 Å². The molecule has 0 amide bonds. The number of hydrogen-bond donors (Lipinski definition) is 0. The van der Waals surface area contributed by atoms with Gasteiger partial charge in [-0.1, -0.05) is 76.7 Å². The lowest BCUT2D eigenvalue weighted by molar-refractivity contribution is 0.762. The Morgan fingerprint density at radius 2 is 1.53 bits per heavy atom. The first kappa shape index (κ1) is 15.2. The average molecular weight is 243 g/mol. The third-order valence-electron chi connectivity index (χ3n) is 2.75. The minimum atomic E-state index is -0.953. The molecule has 0 aromatic rings. The maximum absolute atomic E-state index is 2.54. The van der Waals surface area contributed by atoms with Crippen molar-refractivity contribution in [1.82, 2.24) is 0 Å². The lowest BCUT2D eigenvalue weighted by Crippen LogP contribution is -2.24. The van der Waals surface area contributed by atoms with Crippen LogP contribution in [0, 0.1) is 0 Å². The number of allylic oxidation sites excluding steroid dienone is 1. The highest BCUT2D eigenvalue weighted by Crippen LogP contribution is 2.20. The number of unbranched alkanes of at least 4 members (excludes halogenated alkanes) is 2. The van der Waals surface area contributed by atoms with E-state index in [9.17, 15) is 0 Å². The van der Waals surface area contributed by atoms with Crippen LogP contribution in [-0.2, 0) is 0 Å². The molecule has 0 aliphatic carbocycles. The second kappa shape index (κ2) is 6.69. The molecule has 0 aromatic heterocycles. The van der Waals surface area contributed by atoms with Gasteiger partial charge in [0.15, 0.2) is 0 Å². The molecule has 0 heterocycles. The zero-order valence-corrected chi connectivity index (χ0v) is 13.7. The van der Waals surface area contributed by atoms with Crippen molar-refractivity contribution in [1.29, 1.82) is 0 Å². The van der Waals surface area contributed by atoms with Gasteiger partial charge in [0, 0.05) is 0 Å². The van der Waals surface area contributed by atoms with Crippen LogP contribution in [-0.4, -0.2) is 16.1 Å². The Balaban J connectivity index is 3.88. The highest BCUT2D eigenvalue weighted by molar-refractivity contribution is 6.81. The summed E-state index contributed by atoms with van der Waals surface area (Å²) in [6, 6.07) is 2.90. The minimum absolute atomic E-state index is 0.905. The molecule has 0 nitrogen and oxygen atoms in total. The molecule has 0 rings (SSSR count). The molecular weight excluding hydrogens is 212 g/mol. The van der Waals surface area contributed by atoms with Crippen molar-refractivity contribution < 1.29 is 0 Å². The molecule has 0 fully saturated rings. The van der Waals surface area contributed by atoms with E-state index in [4.69, 9.17) is 0 Å². The van der Waals surface area contributed by atoms with Crippen molar-refractivity contribution in [3.63, 3.8) is 0 Å². The fraction of sp³-hybridized carbons (Fsp3) is 0.846. The third-order valence-corrected chi connectivity index (χ3v) is 7.03. The maximum atomic E-state index is 2.54. The molecule has 0 atom stereocenters. The van der Waals surface area contributed by atoms with Gasteiger partial charge >= 0.3 is 0 Å². The van der Waals surface area contributed by atoms with Crippen molar-refractivity contribution in [2.45, 2.75) is 71.0 Å². The molecule has 0 aliphatic rings. The van der Waals surface area contributed by atoms with Crippen LogP contribution in [0.25, 0.3) is 0 Å². The first-order chi connectivity index (χ1) is 6.77. The zero-order valence-electron chi connectivity index (χ0n) is 11.7. The van der Waals surface area contributed by atoms with Gasteiger partial charge in [-0.15, -0.1) is 0 Å². The van der Waals surface area contributed by atoms with Gasteiger partial charge in [-0.2, -0.15) is 0 Å².